The van der Waals surface area contributed by atoms with Gasteiger partial charge in [0.15, 0.2) is 0 Å². The summed E-state index contributed by atoms with van der Waals surface area (Å²) in [5.41, 5.74) is 1.23. The van der Waals surface area contributed by atoms with Crippen molar-refractivity contribution in [2.75, 3.05) is 7.05 Å². The average Bonchev–Trinajstić information content (AvgIpc) is 2.81. The van der Waals surface area contributed by atoms with Crippen molar-refractivity contribution in [3.8, 4) is 5.75 Å². The van der Waals surface area contributed by atoms with Crippen molar-refractivity contribution in [1.29, 1.82) is 0 Å². The molecule has 20 heavy (non-hydrogen) atoms. The van der Waals surface area contributed by atoms with Crippen molar-refractivity contribution in [2.45, 2.75) is 32.4 Å². The number of likely N-dealkylation sites (N-methyl/N-ethyl adjacent to an activating group) is 1. The fourth-order valence-corrected chi connectivity index (χ4v) is 3.26. The molecule has 1 atom stereocenters. The number of thiophene rings is 1. The van der Waals surface area contributed by atoms with Crippen molar-refractivity contribution in [3.63, 3.8) is 0 Å². The van der Waals surface area contributed by atoms with Crippen LogP contribution in [-0.2, 0) is 6.42 Å². The van der Waals surface area contributed by atoms with Gasteiger partial charge in [0.25, 0.3) is 0 Å². The van der Waals surface area contributed by atoms with Crippen molar-refractivity contribution in [3.05, 3.63) is 51.2 Å². The van der Waals surface area contributed by atoms with Gasteiger partial charge in [-0.2, -0.15) is 0 Å². The predicted octanol–water partition coefficient (Wildman–Crippen LogP) is 4.69. The molecule has 0 saturated heterocycles. The first-order valence-corrected chi connectivity index (χ1v) is 7.96. The summed E-state index contributed by atoms with van der Waals surface area (Å²) in [5, 5.41) is 3.36. The summed E-state index contributed by atoms with van der Waals surface area (Å²) >= 11 is 7.63. The normalized spacial score (nSPS) is 12.7. The van der Waals surface area contributed by atoms with E-state index in [0.717, 1.165) is 16.5 Å². The highest BCUT2D eigenvalue weighted by molar-refractivity contribution is 7.16. The van der Waals surface area contributed by atoms with Crippen LogP contribution < -0.4 is 10.1 Å². The molecule has 1 aromatic carbocycles. The van der Waals surface area contributed by atoms with E-state index >= 15 is 0 Å². The zero-order valence-corrected chi connectivity index (χ0v) is 13.6. The molecule has 108 valence electrons. The van der Waals surface area contributed by atoms with E-state index in [1.807, 2.05) is 39.1 Å². The van der Waals surface area contributed by atoms with Gasteiger partial charge >= 0.3 is 0 Å². The van der Waals surface area contributed by atoms with E-state index in [-0.39, 0.29) is 12.1 Å². The van der Waals surface area contributed by atoms with Gasteiger partial charge in [-0.15, -0.1) is 11.3 Å². The van der Waals surface area contributed by atoms with E-state index in [1.54, 1.807) is 11.3 Å². The average molecular weight is 310 g/mol. The summed E-state index contributed by atoms with van der Waals surface area (Å²) in [6.45, 7) is 4.08. The molecule has 1 aromatic heterocycles. The van der Waals surface area contributed by atoms with E-state index < -0.39 is 0 Å². The number of hydrogen-bond donors (Lipinski definition) is 1. The van der Waals surface area contributed by atoms with E-state index in [4.69, 9.17) is 16.3 Å². The molecule has 0 radical (unpaired) electrons. The Hall–Kier alpha value is -1.03. The molecular formula is C16H20ClNOS. The largest absolute Gasteiger partial charge is 0.491 e. The van der Waals surface area contributed by atoms with E-state index in [2.05, 4.69) is 23.5 Å². The Labute approximate surface area is 129 Å². The molecule has 2 nitrogen and oxygen atoms in total. The van der Waals surface area contributed by atoms with Gasteiger partial charge in [-0.05, 0) is 50.7 Å². The summed E-state index contributed by atoms with van der Waals surface area (Å²) in [7, 11) is 1.98. The molecule has 1 heterocycles. The van der Waals surface area contributed by atoms with Gasteiger partial charge in [0.1, 0.15) is 5.75 Å². The molecule has 0 aliphatic carbocycles. The number of benzene rings is 1. The molecule has 4 heteroatoms. The van der Waals surface area contributed by atoms with Crippen molar-refractivity contribution in [1.82, 2.24) is 5.32 Å². The molecule has 0 saturated carbocycles. The molecule has 0 bridgehead atoms. The van der Waals surface area contributed by atoms with E-state index in [1.165, 1.54) is 10.4 Å². The van der Waals surface area contributed by atoms with Crippen molar-refractivity contribution < 1.29 is 4.74 Å². The lowest BCUT2D eigenvalue weighted by atomic mass is 10.0. The third-order valence-electron chi connectivity index (χ3n) is 3.01. The van der Waals surface area contributed by atoms with Gasteiger partial charge in [-0.1, -0.05) is 23.7 Å². The smallest absolute Gasteiger partial charge is 0.120 e. The van der Waals surface area contributed by atoms with E-state index in [9.17, 15) is 0 Å². The zero-order valence-electron chi connectivity index (χ0n) is 12.0. The van der Waals surface area contributed by atoms with Gasteiger partial charge in [0.05, 0.1) is 10.4 Å². The molecule has 0 aliphatic rings. The fraction of sp³-hybridized carbons (Fsp3) is 0.375. The van der Waals surface area contributed by atoms with Crippen LogP contribution in [0.15, 0.2) is 36.4 Å². The maximum Gasteiger partial charge on any atom is 0.120 e. The monoisotopic (exact) mass is 309 g/mol. The van der Waals surface area contributed by atoms with Gasteiger partial charge in [0.2, 0.25) is 0 Å². The number of rotatable bonds is 6. The maximum atomic E-state index is 5.99. The SMILES string of the molecule is CNC(Cc1ccc(Cl)s1)c1cccc(OC(C)C)c1. The van der Waals surface area contributed by atoms with Crippen LogP contribution in [0.1, 0.15) is 30.3 Å². The Bertz CT molecular complexity index is 553. The van der Waals surface area contributed by atoms with Crippen LogP contribution in [0.5, 0.6) is 5.75 Å². The lowest BCUT2D eigenvalue weighted by Gasteiger charge is -2.18. The van der Waals surface area contributed by atoms with Gasteiger partial charge in [0, 0.05) is 17.3 Å². The van der Waals surface area contributed by atoms with Gasteiger partial charge in [-0.3, -0.25) is 0 Å². The molecule has 0 amide bonds. The minimum atomic E-state index is 0.189. The minimum absolute atomic E-state index is 0.189. The molecule has 0 fully saturated rings. The van der Waals surface area contributed by atoms with Crippen LogP contribution in [0, 0.1) is 0 Å². The van der Waals surface area contributed by atoms with E-state index in [0.29, 0.717) is 0 Å². The third-order valence-corrected chi connectivity index (χ3v) is 4.27. The summed E-state index contributed by atoms with van der Waals surface area (Å²) in [4.78, 5) is 1.28. The highest BCUT2D eigenvalue weighted by Crippen LogP contribution is 2.28. The second kappa shape index (κ2) is 7.11. The number of nitrogens with one attached hydrogen (secondary N) is 1. The Morgan fingerprint density at radius 1 is 1.25 bits per heavy atom. The molecule has 0 aliphatic heterocycles. The third kappa shape index (κ3) is 4.23. The number of halogens is 1. The predicted molar refractivity (Wildman–Crippen MR) is 87.0 cm³/mol. The first-order chi connectivity index (χ1) is 9.58. The molecule has 1 N–H and O–H groups in total. The lowest BCUT2D eigenvalue weighted by Crippen LogP contribution is -2.18. The first-order valence-electron chi connectivity index (χ1n) is 6.76. The highest BCUT2D eigenvalue weighted by Gasteiger charge is 2.12. The Morgan fingerprint density at radius 2 is 2.05 bits per heavy atom. The van der Waals surface area contributed by atoms with Crippen LogP contribution in [0.2, 0.25) is 4.34 Å². The summed E-state index contributed by atoms with van der Waals surface area (Å²) < 4.78 is 6.60. The van der Waals surface area contributed by atoms with Crippen LogP contribution >= 0.6 is 22.9 Å². The summed E-state index contributed by atoms with van der Waals surface area (Å²) in [6.07, 6.45) is 1.12. The standard InChI is InChI=1S/C16H20ClNOS/c1-11(2)19-13-6-4-5-12(9-13)15(18-3)10-14-7-8-16(17)20-14/h4-9,11,15,18H,10H2,1-3H3. The Kier molecular flexibility index (Phi) is 5.46. The molecule has 2 aromatic rings. The second-order valence-electron chi connectivity index (χ2n) is 4.99. The highest BCUT2D eigenvalue weighted by atomic mass is 35.5. The molecule has 1 unspecified atom stereocenters. The van der Waals surface area contributed by atoms with Crippen molar-refractivity contribution in [2.24, 2.45) is 0 Å². The quantitative estimate of drug-likeness (QED) is 0.835. The Balaban J connectivity index is 2.14. The minimum Gasteiger partial charge on any atom is -0.491 e. The van der Waals surface area contributed by atoms with Crippen molar-refractivity contribution >= 4 is 22.9 Å². The Morgan fingerprint density at radius 3 is 2.65 bits per heavy atom. The fourth-order valence-electron chi connectivity index (χ4n) is 2.13. The second-order valence-corrected chi connectivity index (χ2v) is 6.79. The van der Waals surface area contributed by atoms with Crippen LogP contribution in [0.4, 0.5) is 0 Å². The van der Waals surface area contributed by atoms with Crippen LogP contribution in [-0.4, -0.2) is 13.2 Å². The summed E-state index contributed by atoms with van der Waals surface area (Å²) in [6, 6.07) is 12.6. The topological polar surface area (TPSA) is 21.3 Å². The number of ether oxygens (including phenoxy) is 1. The summed E-state index contributed by atoms with van der Waals surface area (Å²) in [5.74, 6) is 0.918. The van der Waals surface area contributed by atoms with Gasteiger partial charge in [-0.25, -0.2) is 0 Å². The lowest BCUT2D eigenvalue weighted by molar-refractivity contribution is 0.242. The maximum absolute atomic E-state index is 5.99. The van der Waals surface area contributed by atoms with Crippen LogP contribution in [0.3, 0.4) is 0 Å². The molecular weight excluding hydrogens is 290 g/mol. The van der Waals surface area contributed by atoms with Gasteiger partial charge < -0.3 is 10.1 Å². The first kappa shape index (κ1) is 15.4. The zero-order chi connectivity index (χ0) is 14.5. The molecule has 0 spiro atoms. The van der Waals surface area contributed by atoms with Crippen LogP contribution in [0.25, 0.3) is 0 Å². The number of hydrogen-bond acceptors (Lipinski definition) is 3. The molecule has 2 rings (SSSR count).